The van der Waals surface area contributed by atoms with E-state index in [0.29, 0.717) is 29.0 Å². The van der Waals surface area contributed by atoms with Gasteiger partial charge in [0.25, 0.3) is 0 Å². The number of para-hydroxylation sites is 1. The Bertz CT molecular complexity index is 1320. The topological polar surface area (TPSA) is 96.4 Å². The zero-order valence-corrected chi connectivity index (χ0v) is 18.3. The molecule has 2 aromatic rings. The number of hydrogen-bond acceptors (Lipinski definition) is 5. The molecule has 2 heterocycles. The largest absolute Gasteiger partial charge is 0.444 e. The van der Waals surface area contributed by atoms with Crippen LogP contribution in [0.4, 0.5) is 10.1 Å². The van der Waals surface area contributed by atoms with Gasteiger partial charge in [0.1, 0.15) is 28.6 Å². The number of benzene rings is 2. The second-order valence-corrected chi connectivity index (χ2v) is 9.48. The summed E-state index contributed by atoms with van der Waals surface area (Å²) in [5, 5.41) is 10.1. The number of nitrogens with two attached hydrogens (primary N) is 1. The SMILES string of the molecule is CC1(C)CC(=O)C2=C(C1)OC(N)=C(C#N)[C@]21C(=O)N(Cc2ccc(F)cc2)c2ccccc21. The Hall–Kier alpha value is -3.92. The molecule has 0 fully saturated rings. The Kier molecular flexibility index (Phi) is 4.47. The first-order valence-corrected chi connectivity index (χ1v) is 10.7. The molecule has 0 saturated heterocycles. The number of allylic oxidation sites excluding steroid dienone is 1. The van der Waals surface area contributed by atoms with E-state index in [0.717, 1.165) is 0 Å². The van der Waals surface area contributed by atoms with E-state index in [4.69, 9.17) is 10.5 Å². The molecule has 166 valence electrons. The van der Waals surface area contributed by atoms with Gasteiger partial charge in [-0.05, 0) is 29.2 Å². The highest BCUT2D eigenvalue weighted by molar-refractivity contribution is 6.20. The van der Waals surface area contributed by atoms with Crippen molar-refractivity contribution >= 4 is 17.4 Å². The Morgan fingerprint density at radius 2 is 1.82 bits per heavy atom. The van der Waals surface area contributed by atoms with E-state index < -0.39 is 11.3 Å². The van der Waals surface area contributed by atoms with Crippen LogP contribution in [0.3, 0.4) is 0 Å². The summed E-state index contributed by atoms with van der Waals surface area (Å²) in [7, 11) is 0. The van der Waals surface area contributed by atoms with Crippen molar-refractivity contribution in [2.45, 2.75) is 38.6 Å². The highest BCUT2D eigenvalue weighted by Gasteiger charge is 2.62. The molecule has 1 spiro atoms. The molecule has 0 aromatic heterocycles. The maximum atomic E-state index is 14.3. The third-order valence-electron chi connectivity index (χ3n) is 6.60. The van der Waals surface area contributed by atoms with E-state index in [1.807, 2.05) is 13.8 Å². The summed E-state index contributed by atoms with van der Waals surface area (Å²) in [5.41, 5.74) is 6.12. The fraction of sp³-hybridized carbons (Fsp3) is 0.269. The number of fused-ring (bicyclic) bond motifs is 3. The number of Topliss-reactive ketones (excluding diaryl/α,β-unsaturated/α-hetero) is 1. The lowest BCUT2D eigenvalue weighted by Crippen LogP contribution is -2.50. The van der Waals surface area contributed by atoms with Gasteiger partial charge < -0.3 is 15.4 Å². The van der Waals surface area contributed by atoms with E-state index >= 15 is 0 Å². The van der Waals surface area contributed by atoms with Crippen LogP contribution in [-0.4, -0.2) is 11.7 Å². The molecule has 6 nitrogen and oxygen atoms in total. The van der Waals surface area contributed by atoms with E-state index in [9.17, 15) is 19.2 Å². The summed E-state index contributed by atoms with van der Waals surface area (Å²) in [5.74, 6) is -0.849. The molecule has 0 saturated carbocycles. The van der Waals surface area contributed by atoms with Crippen LogP contribution in [0.5, 0.6) is 0 Å². The number of rotatable bonds is 2. The van der Waals surface area contributed by atoms with Gasteiger partial charge in [0, 0.05) is 24.1 Å². The highest BCUT2D eigenvalue weighted by Crippen LogP contribution is 2.57. The number of amides is 1. The Labute approximate surface area is 190 Å². The van der Waals surface area contributed by atoms with Crippen molar-refractivity contribution in [3.05, 3.63) is 88.3 Å². The van der Waals surface area contributed by atoms with E-state index in [1.165, 1.54) is 17.0 Å². The Morgan fingerprint density at radius 3 is 2.52 bits per heavy atom. The first-order chi connectivity index (χ1) is 15.7. The van der Waals surface area contributed by atoms with Gasteiger partial charge in [0.15, 0.2) is 5.78 Å². The predicted octanol–water partition coefficient (Wildman–Crippen LogP) is 3.98. The molecule has 2 aliphatic heterocycles. The predicted molar refractivity (Wildman–Crippen MR) is 119 cm³/mol. The van der Waals surface area contributed by atoms with Gasteiger partial charge in [0.05, 0.1) is 12.1 Å². The van der Waals surface area contributed by atoms with E-state index in [-0.39, 0.29) is 47.0 Å². The molecule has 1 atom stereocenters. The van der Waals surface area contributed by atoms with Gasteiger partial charge >= 0.3 is 0 Å². The van der Waals surface area contributed by atoms with Crippen LogP contribution in [0.15, 0.2) is 71.3 Å². The monoisotopic (exact) mass is 443 g/mol. The van der Waals surface area contributed by atoms with Crippen LogP contribution in [0, 0.1) is 22.6 Å². The summed E-state index contributed by atoms with van der Waals surface area (Å²) in [4.78, 5) is 29.3. The zero-order valence-electron chi connectivity index (χ0n) is 18.3. The van der Waals surface area contributed by atoms with Gasteiger partial charge in [-0.3, -0.25) is 9.59 Å². The molecular weight excluding hydrogens is 421 g/mol. The molecule has 1 aliphatic carbocycles. The third kappa shape index (κ3) is 2.91. The molecule has 5 rings (SSSR count). The van der Waals surface area contributed by atoms with Gasteiger partial charge in [-0.1, -0.05) is 44.2 Å². The lowest BCUT2D eigenvalue weighted by molar-refractivity contribution is -0.125. The van der Waals surface area contributed by atoms with Crippen molar-refractivity contribution < 1.29 is 18.7 Å². The number of nitrogens with zero attached hydrogens (tertiary/aromatic N) is 2. The number of carbonyl (C=O) groups is 2. The summed E-state index contributed by atoms with van der Waals surface area (Å²) in [6.07, 6.45) is 0.644. The number of carbonyl (C=O) groups excluding carboxylic acids is 2. The molecule has 2 N–H and O–H groups in total. The Morgan fingerprint density at radius 1 is 1.12 bits per heavy atom. The first-order valence-electron chi connectivity index (χ1n) is 10.7. The van der Waals surface area contributed by atoms with Crippen molar-refractivity contribution in [2.75, 3.05) is 4.90 Å². The summed E-state index contributed by atoms with van der Waals surface area (Å²) >= 11 is 0. The summed E-state index contributed by atoms with van der Waals surface area (Å²) < 4.78 is 19.2. The van der Waals surface area contributed by atoms with Crippen molar-refractivity contribution in [3.63, 3.8) is 0 Å². The van der Waals surface area contributed by atoms with Gasteiger partial charge in [-0.15, -0.1) is 0 Å². The van der Waals surface area contributed by atoms with Gasteiger partial charge in [0.2, 0.25) is 11.8 Å². The van der Waals surface area contributed by atoms with Crippen molar-refractivity contribution in [1.29, 1.82) is 5.26 Å². The standard InChI is InChI=1S/C26H22FN3O3/c1-25(2)11-20(31)22-21(12-25)33-23(29)18(13-28)26(22)17-5-3-4-6-19(17)30(24(26)32)14-15-7-9-16(27)10-8-15/h3-10H,11-12,14,29H2,1-2H3/t26-/m0/s1. The Balaban J connectivity index is 1.76. The highest BCUT2D eigenvalue weighted by atomic mass is 19.1. The zero-order chi connectivity index (χ0) is 23.5. The summed E-state index contributed by atoms with van der Waals surface area (Å²) in [6.45, 7) is 4.06. The molecule has 2 aromatic carbocycles. The minimum atomic E-state index is -1.66. The van der Waals surface area contributed by atoms with Gasteiger partial charge in [-0.25, -0.2) is 4.39 Å². The van der Waals surface area contributed by atoms with Crippen LogP contribution in [0.1, 0.15) is 37.8 Å². The molecule has 7 heteroatoms. The molecular formula is C26H22FN3O3. The third-order valence-corrected chi connectivity index (χ3v) is 6.60. The lowest BCUT2D eigenvalue weighted by Gasteiger charge is -2.41. The van der Waals surface area contributed by atoms with Crippen LogP contribution < -0.4 is 10.6 Å². The molecule has 1 amide bonds. The first kappa shape index (κ1) is 21.0. The van der Waals surface area contributed by atoms with E-state index in [2.05, 4.69) is 6.07 Å². The number of ether oxygens (including phenoxy) is 1. The molecule has 33 heavy (non-hydrogen) atoms. The van der Waals surface area contributed by atoms with Crippen LogP contribution >= 0.6 is 0 Å². The fourth-order valence-corrected chi connectivity index (χ4v) is 5.27. The van der Waals surface area contributed by atoms with Crippen LogP contribution in [-0.2, 0) is 26.3 Å². The molecule has 0 radical (unpaired) electrons. The lowest BCUT2D eigenvalue weighted by atomic mass is 9.62. The number of hydrogen-bond donors (Lipinski definition) is 1. The number of halogens is 1. The number of anilines is 1. The minimum Gasteiger partial charge on any atom is -0.444 e. The normalized spacial score (nSPS) is 23.4. The van der Waals surface area contributed by atoms with E-state index in [1.54, 1.807) is 36.4 Å². The minimum absolute atomic E-state index is 0.0756. The number of nitriles is 1. The maximum absolute atomic E-state index is 14.3. The average molecular weight is 443 g/mol. The van der Waals surface area contributed by atoms with Crippen molar-refractivity contribution in [1.82, 2.24) is 0 Å². The average Bonchev–Trinajstić information content (AvgIpc) is 2.98. The maximum Gasteiger partial charge on any atom is 0.248 e. The smallest absolute Gasteiger partial charge is 0.248 e. The van der Waals surface area contributed by atoms with Crippen molar-refractivity contribution in [2.24, 2.45) is 11.1 Å². The second-order valence-electron chi connectivity index (χ2n) is 9.48. The number of ketones is 1. The van der Waals surface area contributed by atoms with Gasteiger partial charge in [-0.2, -0.15) is 5.26 Å². The van der Waals surface area contributed by atoms with Crippen LogP contribution in [0.25, 0.3) is 0 Å². The molecule has 0 unspecified atom stereocenters. The van der Waals surface area contributed by atoms with Crippen molar-refractivity contribution in [3.8, 4) is 6.07 Å². The van der Waals surface area contributed by atoms with Crippen LogP contribution in [0.2, 0.25) is 0 Å². The second kappa shape index (κ2) is 7.04. The molecule has 3 aliphatic rings. The summed E-state index contributed by atoms with van der Waals surface area (Å²) in [6, 6.07) is 15.0. The molecule has 0 bridgehead atoms. The quantitative estimate of drug-likeness (QED) is 0.757. The fourth-order valence-electron chi connectivity index (χ4n) is 5.27.